The van der Waals surface area contributed by atoms with Crippen LogP contribution in [0.2, 0.25) is 0 Å². The number of amides is 2. The molecular formula is C34H34FN5O10S. The first-order chi connectivity index (χ1) is 24.3. The summed E-state index contributed by atoms with van der Waals surface area (Å²) in [5.41, 5.74) is -0.672. The summed E-state index contributed by atoms with van der Waals surface area (Å²) in [6, 6.07) is 6.44. The summed E-state index contributed by atoms with van der Waals surface area (Å²) in [7, 11) is 1.98. The molecule has 0 saturated carbocycles. The minimum absolute atomic E-state index is 0.0157. The van der Waals surface area contributed by atoms with Crippen molar-refractivity contribution in [2.75, 3.05) is 50.5 Å². The minimum Gasteiger partial charge on any atom is -0.508 e. The number of nitrogens with zero attached hydrogens (tertiary/aromatic N) is 4. The van der Waals surface area contributed by atoms with Crippen LogP contribution in [0.15, 0.2) is 58.7 Å². The van der Waals surface area contributed by atoms with Gasteiger partial charge < -0.3 is 39.7 Å². The molecule has 51 heavy (non-hydrogen) atoms. The van der Waals surface area contributed by atoms with Crippen molar-refractivity contribution in [3.8, 4) is 5.75 Å². The van der Waals surface area contributed by atoms with Gasteiger partial charge in [0.05, 0.1) is 11.2 Å². The van der Waals surface area contributed by atoms with Crippen molar-refractivity contribution in [2.45, 2.75) is 30.8 Å². The first-order valence-corrected chi connectivity index (χ1v) is 17.0. The number of carbonyl (C=O) groups excluding carboxylic acids is 3. The molecule has 1 unspecified atom stereocenters. The van der Waals surface area contributed by atoms with Gasteiger partial charge in [0.25, 0.3) is 5.91 Å². The smallest absolute Gasteiger partial charge is 0.352 e. The van der Waals surface area contributed by atoms with Crippen molar-refractivity contribution in [1.82, 2.24) is 19.7 Å². The van der Waals surface area contributed by atoms with E-state index in [0.717, 1.165) is 35.8 Å². The zero-order valence-corrected chi connectivity index (χ0v) is 28.3. The number of carboxylic acid groups (broad SMARTS) is 2. The molecule has 2 aromatic carbocycles. The van der Waals surface area contributed by atoms with Crippen LogP contribution >= 0.6 is 11.8 Å². The Kier molecular flexibility index (Phi) is 9.77. The van der Waals surface area contributed by atoms with Crippen LogP contribution in [0.4, 0.5) is 10.1 Å². The van der Waals surface area contributed by atoms with E-state index < -0.39 is 70.6 Å². The molecule has 0 spiro atoms. The highest BCUT2D eigenvalue weighted by atomic mass is 32.2. The number of carbonyl (C=O) groups is 5. The largest absolute Gasteiger partial charge is 0.508 e. The number of thioether (sulfide) groups is 1. The topological polar surface area (TPSA) is 199 Å². The third-order valence-corrected chi connectivity index (χ3v) is 10.6. The van der Waals surface area contributed by atoms with Crippen LogP contribution in [-0.4, -0.2) is 116 Å². The average Bonchev–Trinajstić information content (AvgIpc) is 3.10. The fraction of sp³-hybridized carbons (Fsp3) is 0.353. The Hall–Kier alpha value is -5.42. The number of fused-ring (bicyclic) bond motifs is 2. The number of phenols is 1. The highest BCUT2D eigenvalue weighted by Gasteiger charge is 2.55. The monoisotopic (exact) mass is 723 g/mol. The first-order valence-electron chi connectivity index (χ1n) is 16.0. The van der Waals surface area contributed by atoms with Crippen molar-refractivity contribution in [3.05, 3.63) is 81.0 Å². The number of halogens is 1. The number of aromatic hydroxyl groups is 1. The highest BCUT2D eigenvalue weighted by molar-refractivity contribution is 8.00. The SMILES string of the molecule is CCn1cc(C(=O)OCC2=C(C(=O)O)N3C(=O)[C@H](NC(=O)C(C(=O)O)c4ccc(O)cc4)[C@@H]3SC2)c(=O)c2cc(F)c(N3CCN(C)CC3)cc21. The Morgan fingerprint density at radius 3 is 2.37 bits per heavy atom. The predicted molar refractivity (Wildman–Crippen MR) is 182 cm³/mol. The third kappa shape index (κ3) is 6.61. The van der Waals surface area contributed by atoms with Gasteiger partial charge in [0, 0.05) is 55.6 Å². The van der Waals surface area contributed by atoms with E-state index in [2.05, 4.69) is 10.2 Å². The molecule has 2 amide bonds. The summed E-state index contributed by atoms with van der Waals surface area (Å²) < 4.78 is 22.4. The predicted octanol–water partition coefficient (Wildman–Crippen LogP) is 1.38. The van der Waals surface area contributed by atoms with Crippen molar-refractivity contribution in [3.63, 3.8) is 0 Å². The number of phenolic OH excluding ortho intramolecular Hbond substituents is 1. The number of anilines is 1. The molecule has 1 aromatic heterocycles. The molecule has 6 rings (SSSR count). The summed E-state index contributed by atoms with van der Waals surface area (Å²) in [5.74, 6) is -8.34. The Balaban J connectivity index is 1.19. The summed E-state index contributed by atoms with van der Waals surface area (Å²) in [6.45, 7) is 4.28. The standard InChI is InChI=1S/C34H34FN5O10S/c1-3-38-14-21(28(42)20-12-22(35)24(13-23(20)38)39-10-8-37(2)9-11-39)34(49)50-15-18-16-51-31-26(30(44)40(31)27(18)33(47)48)36-29(43)25(32(45)46)17-4-6-19(41)7-5-17/h4-7,12-14,25-26,31,41H,3,8-11,15-16H2,1-2H3,(H,36,43)(H,45,46)(H,47,48)/t25?,26-,31-/m0/s1. The van der Waals surface area contributed by atoms with Gasteiger partial charge in [-0.2, -0.15) is 0 Å². The van der Waals surface area contributed by atoms with Crippen LogP contribution in [0.5, 0.6) is 5.75 Å². The van der Waals surface area contributed by atoms with Gasteiger partial charge >= 0.3 is 17.9 Å². The van der Waals surface area contributed by atoms with Crippen LogP contribution in [-0.2, 0) is 30.5 Å². The first kappa shape index (κ1) is 35.4. The van der Waals surface area contributed by atoms with Crippen molar-refractivity contribution < 1.29 is 48.4 Å². The minimum atomic E-state index is -1.70. The number of hydrogen-bond acceptors (Lipinski definition) is 11. The number of aliphatic carboxylic acids is 2. The van der Waals surface area contributed by atoms with E-state index in [1.54, 1.807) is 17.6 Å². The van der Waals surface area contributed by atoms with E-state index in [1.807, 2.05) is 11.9 Å². The number of nitrogens with one attached hydrogen (secondary N) is 1. The molecule has 2 fully saturated rings. The zero-order chi connectivity index (χ0) is 36.7. The maximum Gasteiger partial charge on any atom is 0.352 e. The number of ether oxygens (including phenoxy) is 1. The summed E-state index contributed by atoms with van der Waals surface area (Å²) in [5, 5.41) is 30.7. The lowest BCUT2D eigenvalue weighted by molar-refractivity contribution is -0.152. The van der Waals surface area contributed by atoms with E-state index in [0.29, 0.717) is 30.8 Å². The summed E-state index contributed by atoms with van der Waals surface area (Å²) in [6.07, 6.45) is 1.32. The molecule has 17 heteroatoms. The lowest BCUT2D eigenvalue weighted by atomic mass is 9.96. The number of likely N-dealkylation sites (N-methyl/N-ethyl adjacent to an activating group) is 1. The molecule has 3 atom stereocenters. The Labute approximate surface area is 293 Å². The molecule has 2 saturated heterocycles. The van der Waals surface area contributed by atoms with Crippen LogP contribution in [0.1, 0.15) is 28.8 Å². The number of esters is 1. The Morgan fingerprint density at radius 1 is 1.06 bits per heavy atom. The molecule has 0 radical (unpaired) electrons. The second-order valence-corrected chi connectivity index (χ2v) is 13.5. The molecule has 4 N–H and O–H groups in total. The highest BCUT2D eigenvalue weighted by Crippen LogP contribution is 2.41. The number of piperazine rings is 1. The van der Waals surface area contributed by atoms with Gasteiger partial charge in [-0.05, 0) is 43.8 Å². The maximum absolute atomic E-state index is 15.4. The van der Waals surface area contributed by atoms with Gasteiger partial charge in [-0.15, -0.1) is 11.8 Å². The van der Waals surface area contributed by atoms with E-state index in [9.17, 15) is 44.1 Å². The number of benzene rings is 2. The molecular weight excluding hydrogens is 689 g/mol. The second-order valence-electron chi connectivity index (χ2n) is 12.4. The van der Waals surface area contributed by atoms with Gasteiger partial charge in [-0.1, -0.05) is 12.1 Å². The molecule has 3 aliphatic heterocycles. The number of hydrogen-bond donors (Lipinski definition) is 4. The molecule has 4 heterocycles. The second kappa shape index (κ2) is 14.1. The number of β-lactam (4-membered cyclic amide) rings is 1. The average molecular weight is 724 g/mol. The lowest BCUT2D eigenvalue weighted by Crippen LogP contribution is -2.71. The fourth-order valence-corrected chi connectivity index (χ4v) is 7.76. The summed E-state index contributed by atoms with van der Waals surface area (Å²) in [4.78, 5) is 82.1. The van der Waals surface area contributed by atoms with E-state index in [1.165, 1.54) is 30.5 Å². The van der Waals surface area contributed by atoms with E-state index in [-0.39, 0.29) is 33.6 Å². The van der Waals surface area contributed by atoms with Crippen molar-refractivity contribution in [1.29, 1.82) is 0 Å². The van der Waals surface area contributed by atoms with Gasteiger partial charge in [0.2, 0.25) is 11.3 Å². The quantitative estimate of drug-likeness (QED) is 0.133. The maximum atomic E-state index is 15.4. The normalized spacial score (nSPS) is 19.7. The van der Waals surface area contributed by atoms with Gasteiger partial charge in [-0.25, -0.2) is 14.0 Å². The Bertz CT molecular complexity index is 2040. The number of aromatic nitrogens is 1. The van der Waals surface area contributed by atoms with Crippen LogP contribution < -0.4 is 15.6 Å². The molecule has 0 bridgehead atoms. The Morgan fingerprint density at radius 2 is 1.75 bits per heavy atom. The molecule has 0 aliphatic carbocycles. The fourth-order valence-electron chi connectivity index (χ4n) is 6.43. The van der Waals surface area contributed by atoms with Crippen molar-refractivity contribution in [2.24, 2.45) is 0 Å². The number of carboxylic acids is 2. The number of pyridine rings is 1. The summed E-state index contributed by atoms with van der Waals surface area (Å²) >= 11 is 1.07. The van der Waals surface area contributed by atoms with E-state index >= 15 is 4.39 Å². The lowest BCUT2D eigenvalue weighted by Gasteiger charge is -2.49. The number of rotatable bonds is 10. The van der Waals surface area contributed by atoms with Crippen molar-refractivity contribution >= 4 is 58.1 Å². The van der Waals surface area contributed by atoms with Crippen LogP contribution in [0.3, 0.4) is 0 Å². The van der Waals surface area contributed by atoms with Gasteiger partial charge in [0.1, 0.15) is 40.8 Å². The van der Waals surface area contributed by atoms with Crippen LogP contribution in [0, 0.1) is 5.82 Å². The molecule has 3 aliphatic rings. The molecule has 3 aromatic rings. The number of aryl methyl sites for hydroxylation is 1. The van der Waals surface area contributed by atoms with Crippen LogP contribution in [0.25, 0.3) is 10.9 Å². The molecule has 268 valence electrons. The third-order valence-electron chi connectivity index (χ3n) is 9.21. The van der Waals surface area contributed by atoms with Gasteiger partial charge in [0.15, 0.2) is 5.92 Å². The van der Waals surface area contributed by atoms with Gasteiger partial charge in [-0.3, -0.25) is 24.1 Å². The van der Waals surface area contributed by atoms with E-state index in [4.69, 9.17) is 4.74 Å². The molecule has 15 nitrogen and oxygen atoms in total. The zero-order valence-electron chi connectivity index (χ0n) is 27.5.